The van der Waals surface area contributed by atoms with Gasteiger partial charge in [0, 0.05) is 0 Å². The Kier molecular flexibility index (Phi) is 5.79. The third-order valence-electron chi connectivity index (χ3n) is 0.854. The van der Waals surface area contributed by atoms with Crippen LogP contribution in [0.2, 0.25) is 13.1 Å². The Morgan fingerprint density at radius 3 is 1.57 bits per heavy atom. The van der Waals surface area contributed by atoms with Crippen molar-refractivity contribution in [3.8, 4) is 0 Å². The van der Waals surface area contributed by atoms with E-state index >= 15 is 0 Å². The SMILES string of the molecule is C=C(C)[Si](C)C.F. The van der Waals surface area contributed by atoms with Gasteiger partial charge in [-0.1, -0.05) is 18.3 Å². The molecule has 0 spiro atoms. The number of hydrogen-bond acceptors (Lipinski definition) is 0. The summed E-state index contributed by atoms with van der Waals surface area (Å²) < 4.78 is 0. The highest BCUT2D eigenvalue weighted by Crippen LogP contribution is 1.91. The molecule has 7 heavy (non-hydrogen) atoms. The molecular formula is C5H12FSi. The Labute approximate surface area is 46.2 Å². The van der Waals surface area contributed by atoms with Gasteiger partial charge in [0.05, 0.1) is 8.80 Å². The molecule has 0 nitrogen and oxygen atoms in total. The van der Waals surface area contributed by atoms with Gasteiger partial charge in [-0.2, -0.15) is 0 Å². The lowest BCUT2D eigenvalue weighted by atomic mass is 10.8. The number of rotatable bonds is 1. The van der Waals surface area contributed by atoms with Gasteiger partial charge >= 0.3 is 0 Å². The lowest BCUT2D eigenvalue weighted by Crippen LogP contribution is -1.98. The second-order valence-electron chi connectivity index (χ2n) is 1.78. The molecule has 43 valence electrons. The van der Waals surface area contributed by atoms with Crippen molar-refractivity contribution in [3.63, 3.8) is 0 Å². The minimum atomic E-state index is -0.146. The van der Waals surface area contributed by atoms with Crippen LogP contribution in [0.4, 0.5) is 4.70 Å². The van der Waals surface area contributed by atoms with E-state index in [-0.39, 0.29) is 13.5 Å². The van der Waals surface area contributed by atoms with E-state index in [9.17, 15) is 0 Å². The molecule has 0 rings (SSSR count). The Hall–Kier alpha value is -0.113. The molecule has 0 saturated heterocycles. The van der Waals surface area contributed by atoms with Crippen molar-refractivity contribution in [2.45, 2.75) is 20.0 Å². The smallest absolute Gasteiger partial charge is 0.0725 e. The maximum absolute atomic E-state index is 3.80. The van der Waals surface area contributed by atoms with Crippen LogP contribution >= 0.6 is 0 Å². The largest absolute Gasteiger partial charge is 0.269 e. The van der Waals surface area contributed by atoms with Gasteiger partial charge in [-0.05, 0) is 6.92 Å². The summed E-state index contributed by atoms with van der Waals surface area (Å²) in [5.74, 6) is 0. The van der Waals surface area contributed by atoms with Gasteiger partial charge in [-0.15, -0.1) is 6.58 Å². The molecule has 0 N–H and O–H groups in total. The van der Waals surface area contributed by atoms with Crippen LogP contribution in [0.1, 0.15) is 6.92 Å². The van der Waals surface area contributed by atoms with Gasteiger partial charge in [0.2, 0.25) is 0 Å². The zero-order valence-electron chi connectivity index (χ0n) is 5.12. The van der Waals surface area contributed by atoms with Crippen molar-refractivity contribution in [1.29, 1.82) is 0 Å². The topological polar surface area (TPSA) is 0 Å². The van der Waals surface area contributed by atoms with Crippen LogP contribution in [0.25, 0.3) is 0 Å². The third kappa shape index (κ3) is 5.89. The summed E-state index contributed by atoms with van der Waals surface area (Å²) in [5.41, 5.74) is 0. The summed E-state index contributed by atoms with van der Waals surface area (Å²) in [6.07, 6.45) is 0. The van der Waals surface area contributed by atoms with E-state index in [1.165, 1.54) is 5.20 Å². The van der Waals surface area contributed by atoms with Crippen molar-refractivity contribution >= 4 is 8.80 Å². The molecule has 0 aromatic heterocycles. The molecule has 0 aromatic carbocycles. The van der Waals surface area contributed by atoms with E-state index in [0.29, 0.717) is 0 Å². The molecule has 1 radical (unpaired) electrons. The van der Waals surface area contributed by atoms with Crippen LogP contribution in [-0.2, 0) is 0 Å². The highest BCUT2D eigenvalue weighted by atomic mass is 28.3. The van der Waals surface area contributed by atoms with E-state index < -0.39 is 0 Å². The average molecular weight is 119 g/mol. The standard InChI is InChI=1S/C5H11Si.FH/c1-5(2)6(3)4;/h1H2,2-4H3;1H. The molecule has 0 heterocycles. The maximum atomic E-state index is 3.80. The molecule has 0 aliphatic heterocycles. The fourth-order valence-corrected chi connectivity index (χ4v) is 0. The molecule has 0 saturated carbocycles. The molecule has 0 fully saturated rings. The monoisotopic (exact) mass is 119 g/mol. The number of allylic oxidation sites excluding steroid dienone is 1. The first kappa shape index (κ1) is 9.99. The summed E-state index contributed by atoms with van der Waals surface area (Å²) in [6.45, 7) is 10.4. The first-order valence-electron chi connectivity index (χ1n) is 2.10. The lowest BCUT2D eigenvalue weighted by molar-refractivity contribution is 1.11. The van der Waals surface area contributed by atoms with E-state index in [0.717, 1.165) is 0 Å². The summed E-state index contributed by atoms with van der Waals surface area (Å²) in [7, 11) is -0.146. The van der Waals surface area contributed by atoms with Crippen molar-refractivity contribution in [2.24, 2.45) is 0 Å². The Bertz CT molecular complexity index is 59.1. The second kappa shape index (κ2) is 4.06. The third-order valence-corrected chi connectivity index (χ3v) is 2.56. The van der Waals surface area contributed by atoms with Crippen molar-refractivity contribution in [2.75, 3.05) is 0 Å². The van der Waals surface area contributed by atoms with E-state index in [1.54, 1.807) is 0 Å². The van der Waals surface area contributed by atoms with Crippen LogP contribution in [0.15, 0.2) is 11.8 Å². The van der Waals surface area contributed by atoms with Crippen molar-refractivity contribution in [3.05, 3.63) is 11.8 Å². The molecule has 0 bridgehead atoms. The first-order valence-corrected chi connectivity index (χ1v) is 4.60. The quantitative estimate of drug-likeness (QED) is 0.463. The van der Waals surface area contributed by atoms with Crippen molar-refractivity contribution < 1.29 is 4.70 Å². The number of hydrogen-bond donors (Lipinski definition) is 0. The van der Waals surface area contributed by atoms with Crippen LogP contribution in [0.5, 0.6) is 0 Å². The molecule has 0 unspecified atom stereocenters. The van der Waals surface area contributed by atoms with E-state index in [1.807, 2.05) is 0 Å². The van der Waals surface area contributed by atoms with E-state index in [2.05, 4.69) is 26.6 Å². The summed E-state index contributed by atoms with van der Waals surface area (Å²) in [6, 6.07) is 0. The normalized spacial score (nSPS) is 8.00. The van der Waals surface area contributed by atoms with Gasteiger partial charge in [-0.3, -0.25) is 4.70 Å². The van der Waals surface area contributed by atoms with Crippen molar-refractivity contribution in [1.82, 2.24) is 0 Å². The number of halogens is 1. The Morgan fingerprint density at radius 1 is 1.43 bits per heavy atom. The van der Waals surface area contributed by atoms with Gasteiger partial charge in [-0.25, -0.2) is 0 Å². The van der Waals surface area contributed by atoms with Crippen LogP contribution < -0.4 is 0 Å². The highest BCUT2D eigenvalue weighted by Gasteiger charge is 1.90. The fraction of sp³-hybridized carbons (Fsp3) is 0.600. The minimum Gasteiger partial charge on any atom is -0.269 e. The molecule has 0 amide bonds. The fourth-order valence-electron chi connectivity index (χ4n) is 0. The second-order valence-corrected chi connectivity index (χ2v) is 4.63. The Morgan fingerprint density at radius 2 is 1.57 bits per heavy atom. The molecular weight excluding hydrogens is 107 g/mol. The maximum Gasteiger partial charge on any atom is 0.0725 e. The molecule has 0 aliphatic rings. The summed E-state index contributed by atoms with van der Waals surface area (Å²) >= 11 is 0. The zero-order chi connectivity index (χ0) is 5.15. The first-order chi connectivity index (χ1) is 2.64. The predicted molar refractivity (Wildman–Crippen MR) is 34.8 cm³/mol. The van der Waals surface area contributed by atoms with Crippen LogP contribution in [0, 0.1) is 0 Å². The predicted octanol–water partition coefficient (Wildman–Crippen LogP) is 2.01. The van der Waals surface area contributed by atoms with E-state index in [4.69, 9.17) is 0 Å². The summed E-state index contributed by atoms with van der Waals surface area (Å²) in [5, 5.41) is 1.36. The molecule has 0 aromatic rings. The van der Waals surface area contributed by atoms with Gasteiger partial charge in [0.1, 0.15) is 0 Å². The highest BCUT2D eigenvalue weighted by molar-refractivity contribution is 6.63. The molecule has 0 aliphatic carbocycles. The molecule has 2 heteroatoms. The Balaban J connectivity index is 0. The van der Waals surface area contributed by atoms with Gasteiger partial charge < -0.3 is 0 Å². The minimum absolute atomic E-state index is 0. The van der Waals surface area contributed by atoms with Gasteiger partial charge in [0.25, 0.3) is 0 Å². The molecule has 0 atom stereocenters. The summed E-state index contributed by atoms with van der Waals surface area (Å²) in [4.78, 5) is 0. The lowest BCUT2D eigenvalue weighted by Gasteiger charge is -1.94. The zero-order valence-corrected chi connectivity index (χ0v) is 6.12. The van der Waals surface area contributed by atoms with Crippen LogP contribution in [-0.4, -0.2) is 8.80 Å². The van der Waals surface area contributed by atoms with Crippen LogP contribution in [0.3, 0.4) is 0 Å². The average Bonchev–Trinajstić information content (AvgIpc) is 1.36. The van der Waals surface area contributed by atoms with Gasteiger partial charge in [0.15, 0.2) is 0 Å².